The molecule has 0 bridgehead atoms. The molecule has 0 radical (unpaired) electrons. The van der Waals surface area contributed by atoms with Gasteiger partial charge in [0.05, 0.1) is 11.9 Å². The third kappa shape index (κ3) is 13.7. The largest absolute Gasteiger partial charge is 0.268 e. The van der Waals surface area contributed by atoms with Gasteiger partial charge in [-0.3, -0.25) is 5.01 Å². The fraction of sp³-hybridized carbons (Fsp3) is 0.559. The lowest BCUT2D eigenvalue weighted by Gasteiger charge is -2.22. The summed E-state index contributed by atoms with van der Waals surface area (Å²) < 4.78 is 0. The van der Waals surface area contributed by atoms with Crippen LogP contribution >= 0.6 is 0 Å². The molecule has 0 aromatic heterocycles. The Morgan fingerprint density at radius 2 is 1.36 bits per heavy atom. The van der Waals surface area contributed by atoms with E-state index in [4.69, 9.17) is 5.10 Å². The first-order valence-electron chi connectivity index (χ1n) is 14.2. The molecule has 0 aliphatic carbocycles. The summed E-state index contributed by atoms with van der Waals surface area (Å²) in [4.78, 5) is 0. The molecule has 2 nitrogen and oxygen atoms in total. The number of hydrazone groups is 1. The third-order valence-electron chi connectivity index (χ3n) is 5.89. The molecule has 2 aromatic rings. The third-order valence-corrected chi connectivity index (χ3v) is 5.89. The molecule has 0 heterocycles. The van der Waals surface area contributed by atoms with Gasteiger partial charge in [-0.05, 0) is 52.5 Å². The second-order valence-electron chi connectivity index (χ2n) is 10.1. The van der Waals surface area contributed by atoms with Gasteiger partial charge in [0.1, 0.15) is 0 Å². The summed E-state index contributed by atoms with van der Waals surface area (Å²) in [5.41, 5.74) is 6.24. The topological polar surface area (TPSA) is 15.6 Å². The van der Waals surface area contributed by atoms with Crippen LogP contribution in [0.5, 0.6) is 0 Å². The van der Waals surface area contributed by atoms with E-state index in [2.05, 4.69) is 117 Å². The number of hydrogen-bond acceptors (Lipinski definition) is 2. The van der Waals surface area contributed by atoms with E-state index >= 15 is 0 Å². The van der Waals surface area contributed by atoms with Crippen LogP contribution in [0, 0.1) is 18.8 Å². The molecule has 0 amide bonds. The maximum absolute atomic E-state index is 4.71. The van der Waals surface area contributed by atoms with Crippen LogP contribution in [-0.2, 0) is 5.41 Å². The highest BCUT2D eigenvalue weighted by molar-refractivity contribution is 5.83. The molecule has 2 heteroatoms. The lowest BCUT2D eigenvalue weighted by atomic mass is 9.83. The Morgan fingerprint density at radius 3 is 1.83 bits per heavy atom. The number of allylic oxidation sites excluding steroid dienone is 1. The van der Waals surface area contributed by atoms with Gasteiger partial charge in [0.25, 0.3) is 0 Å². The smallest absolute Gasteiger partial charge is 0.0662 e. The fourth-order valence-corrected chi connectivity index (χ4v) is 3.32. The normalized spacial score (nSPS) is 11.0. The van der Waals surface area contributed by atoms with Crippen molar-refractivity contribution in [1.82, 2.24) is 0 Å². The Bertz CT molecular complexity index is 865. The number of hydrogen-bond donors (Lipinski definition) is 0. The summed E-state index contributed by atoms with van der Waals surface area (Å²) in [5, 5.41) is 6.66. The van der Waals surface area contributed by atoms with E-state index in [0.717, 1.165) is 11.6 Å². The lowest BCUT2D eigenvalue weighted by molar-refractivity contribution is 0.544. The number of benzene rings is 2. The van der Waals surface area contributed by atoms with Gasteiger partial charge < -0.3 is 0 Å². The van der Waals surface area contributed by atoms with Crippen LogP contribution in [0.3, 0.4) is 0 Å². The van der Waals surface area contributed by atoms with Crippen molar-refractivity contribution in [3.63, 3.8) is 0 Å². The van der Waals surface area contributed by atoms with Gasteiger partial charge in [0.2, 0.25) is 0 Å². The van der Waals surface area contributed by atoms with Crippen molar-refractivity contribution >= 4 is 18.0 Å². The molecule has 0 N–H and O–H groups in total. The average Bonchev–Trinajstić information content (AvgIpc) is 2.88. The van der Waals surface area contributed by atoms with Crippen LogP contribution in [0.4, 0.5) is 5.69 Å². The number of para-hydroxylation sites is 1. The minimum Gasteiger partial charge on any atom is -0.268 e. The molecule has 0 saturated carbocycles. The van der Waals surface area contributed by atoms with Crippen molar-refractivity contribution in [2.45, 2.75) is 108 Å². The summed E-state index contributed by atoms with van der Waals surface area (Å²) in [7, 11) is 2.00. The van der Waals surface area contributed by atoms with E-state index in [1.165, 1.54) is 35.1 Å². The van der Waals surface area contributed by atoms with Crippen LogP contribution in [0.25, 0.3) is 6.08 Å². The molecule has 2 rings (SSSR count). The van der Waals surface area contributed by atoms with E-state index in [1.807, 2.05) is 46.0 Å². The zero-order valence-electron chi connectivity index (χ0n) is 26.2. The SMILES string of the molecule is CC.CC.CCC(C)CC.Cc1c(/C=N/N(C)c2ccccc2/C=C\C(C)C)cccc1C(C)(C)C. The van der Waals surface area contributed by atoms with Crippen molar-refractivity contribution in [3.8, 4) is 0 Å². The standard InChI is InChI=1S/C24H32N2.C6H14.2C2H6/c1-18(2)15-16-20-11-8-9-14-23(20)26(7)25-17-21-12-10-13-22(19(21)3)24(4,5)6;1-4-6(3)5-2;2*1-2/h8-18H,1-7H3;6H,4-5H2,1-3H3;2*1-2H3/b16-15-,25-17+;;;. The van der Waals surface area contributed by atoms with Crippen molar-refractivity contribution in [2.24, 2.45) is 16.9 Å². The molecular weight excluding hydrogens is 436 g/mol. The van der Waals surface area contributed by atoms with E-state index in [9.17, 15) is 0 Å². The number of rotatable bonds is 7. The molecule has 0 atom stereocenters. The first-order chi connectivity index (χ1) is 17.0. The van der Waals surface area contributed by atoms with Crippen LogP contribution in [0.15, 0.2) is 53.6 Å². The van der Waals surface area contributed by atoms with Crippen LogP contribution in [-0.4, -0.2) is 13.3 Å². The van der Waals surface area contributed by atoms with Crippen LogP contribution < -0.4 is 5.01 Å². The molecule has 0 fully saturated rings. The number of anilines is 1. The van der Waals surface area contributed by atoms with E-state index < -0.39 is 0 Å². The Kier molecular flexibility index (Phi) is 19.7. The molecule has 0 unspecified atom stereocenters. The monoisotopic (exact) mass is 494 g/mol. The molecule has 0 aliphatic heterocycles. The minimum atomic E-state index is 0.133. The second kappa shape index (κ2) is 19.8. The van der Waals surface area contributed by atoms with Gasteiger partial charge in [0.15, 0.2) is 0 Å². The zero-order chi connectivity index (χ0) is 28.3. The molecule has 204 valence electrons. The summed E-state index contributed by atoms with van der Waals surface area (Å²) in [6, 6.07) is 14.8. The zero-order valence-corrected chi connectivity index (χ0v) is 26.2. The van der Waals surface area contributed by atoms with E-state index in [1.54, 1.807) is 0 Å². The Morgan fingerprint density at radius 1 is 0.833 bits per heavy atom. The Hall–Kier alpha value is -2.35. The first-order valence-corrected chi connectivity index (χ1v) is 14.2. The van der Waals surface area contributed by atoms with Gasteiger partial charge in [-0.1, -0.05) is 144 Å². The van der Waals surface area contributed by atoms with Crippen LogP contribution in [0.2, 0.25) is 0 Å². The highest BCUT2D eigenvalue weighted by atomic mass is 15.4. The van der Waals surface area contributed by atoms with E-state index in [-0.39, 0.29) is 5.41 Å². The summed E-state index contributed by atoms with van der Waals surface area (Å²) >= 11 is 0. The highest BCUT2D eigenvalue weighted by Gasteiger charge is 2.17. The minimum absolute atomic E-state index is 0.133. The molecule has 0 spiro atoms. The quantitative estimate of drug-likeness (QED) is 0.276. The van der Waals surface area contributed by atoms with Gasteiger partial charge in [0, 0.05) is 7.05 Å². The van der Waals surface area contributed by atoms with Gasteiger partial charge >= 0.3 is 0 Å². The average molecular weight is 495 g/mol. The van der Waals surface area contributed by atoms with Gasteiger partial charge in [-0.2, -0.15) is 5.10 Å². The maximum Gasteiger partial charge on any atom is 0.0662 e. The van der Waals surface area contributed by atoms with Crippen LogP contribution in [0.1, 0.15) is 118 Å². The van der Waals surface area contributed by atoms with E-state index in [0.29, 0.717) is 5.92 Å². The van der Waals surface area contributed by atoms with Gasteiger partial charge in [-0.25, -0.2) is 0 Å². The number of nitrogens with zero attached hydrogens (tertiary/aromatic N) is 2. The Labute approximate surface area is 225 Å². The summed E-state index contributed by atoms with van der Waals surface area (Å²) in [6.07, 6.45) is 9.02. The predicted molar refractivity (Wildman–Crippen MR) is 169 cm³/mol. The molecule has 2 aromatic carbocycles. The molecule has 36 heavy (non-hydrogen) atoms. The van der Waals surface area contributed by atoms with Crippen molar-refractivity contribution in [3.05, 3.63) is 70.8 Å². The fourth-order valence-electron chi connectivity index (χ4n) is 3.32. The van der Waals surface area contributed by atoms with Crippen molar-refractivity contribution < 1.29 is 0 Å². The predicted octanol–water partition coefficient (Wildman–Crippen LogP) is 10.9. The van der Waals surface area contributed by atoms with Crippen molar-refractivity contribution in [2.75, 3.05) is 12.1 Å². The lowest BCUT2D eigenvalue weighted by Crippen LogP contribution is -2.14. The maximum atomic E-state index is 4.71. The molecular formula is C34H58N2. The summed E-state index contributed by atoms with van der Waals surface area (Å²) in [6.45, 7) is 28.0. The highest BCUT2D eigenvalue weighted by Crippen LogP contribution is 2.27. The van der Waals surface area contributed by atoms with Gasteiger partial charge in [-0.15, -0.1) is 0 Å². The molecule has 0 saturated heterocycles. The Balaban J connectivity index is 0. The van der Waals surface area contributed by atoms with Crippen molar-refractivity contribution in [1.29, 1.82) is 0 Å². The summed E-state index contributed by atoms with van der Waals surface area (Å²) in [5.74, 6) is 1.46. The first kappa shape index (κ1) is 35.8. The molecule has 0 aliphatic rings. The second-order valence-corrected chi connectivity index (χ2v) is 10.1.